The van der Waals surface area contributed by atoms with E-state index in [0.29, 0.717) is 5.39 Å². The highest BCUT2D eigenvalue weighted by molar-refractivity contribution is 6.03. The van der Waals surface area contributed by atoms with Gasteiger partial charge in [-0.2, -0.15) is 0 Å². The summed E-state index contributed by atoms with van der Waals surface area (Å²) in [4.78, 5) is 28.2. The molecule has 0 saturated carbocycles. The Morgan fingerprint density at radius 3 is 2.45 bits per heavy atom. The first-order chi connectivity index (χ1) is 14.7. The molecule has 0 bridgehead atoms. The molecule has 1 aromatic heterocycles. The second-order valence-corrected chi connectivity index (χ2v) is 6.51. The highest BCUT2D eigenvalue weighted by Crippen LogP contribution is 2.37. The third-order valence-electron chi connectivity index (χ3n) is 4.35. The Bertz CT molecular complexity index is 1130. The molecule has 0 saturated heterocycles. The molecule has 1 N–H and O–H groups in total. The van der Waals surface area contributed by atoms with Crippen molar-refractivity contribution >= 4 is 22.7 Å². The molecule has 0 spiro atoms. The minimum Gasteiger partial charge on any atom is -0.506 e. The first kappa shape index (κ1) is 22.1. The number of halogens is 3. The van der Waals surface area contributed by atoms with Crippen LogP contribution in [0.15, 0.2) is 48.5 Å². The number of pyridine rings is 1. The summed E-state index contributed by atoms with van der Waals surface area (Å²) in [6, 6.07) is 11.6. The number of aromatic nitrogens is 1. The van der Waals surface area contributed by atoms with Crippen molar-refractivity contribution < 1.29 is 37.3 Å². The van der Waals surface area contributed by atoms with Gasteiger partial charge in [0.15, 0.2) is 5.78 Å². The van der Waals surface area contributed by atoms with Gasteiger partial charge in [-0.1, -0.05) is 36.4 Å². The molecule has 0 radical (unpaired) electrons. The summed E-state index contributed by atoms with van der Waals surface area (Å²) in [7, 11) is 0. The number of para-hydroxylation sites is 2. The molecule has 0 amide bonds. The van der Waals surface area contributed by atoms with Gasteiger partial charge in [-0.25, -0.2) is 4.98 Å². The Kier molecular flexibility index (Phi) is 6.43. The number of rotatable bonds is 7. The van der Waals surface area contributed by atoms with Gasteiger partial charge in [-0.05, 0) is 19.1 Å². The van der Waals surface area contributed by atoms with E-state index in [0.717, 1.165) is 0 Å². The van der Waals surface area contributed by atoms with Gasteiger partial charge < -0.3 is 14.6 Å². The van der Waals surface area contributed by atoms with Crippen LogP contribution in [-0.2, 0) is 9.53 Å². The van der Waals surface area contributed by atoms with Crippen molar-refractivity contribution in [3.05, 3.63) is 54.2 Å². The van der Waals surface area contributed by atoms with Crippen molar-refractivity contribution in [1.82, 2.24) is 4.98 Å². The van der Waals surface area contributed by atoms with E-state index in [9.17, 15) is 27.9 Å². The normalized spacial score (nSPS) is 11.4. The monoisotopic (exact) mass is 433 g/mol. The molecule has 0 aliphatic carbocycles. The lowest BCUT2D eigenvalue weighted by atomic mass is 10.00. The number of carbonyl (C=O) groups is 2. The maximum atomic E-state index is 12.8. The number of esters is 1. The lowest BCUT2D eigenvalue weighted by molar-refractivity contribution is -0.274. The molecule has 31 heavy (non-hydrogen) atoms. The summed E-state index contributed by atoms with van der Waals surface area (Å²) < 4.78 is 47.4. The van der Waals surface area contributed by atoms with Gasteiger partial charge in [0.05, 0.1) is 18.5 Å². The molecule has 0 unspecified atom stereocenters. The number of nitrogens with zero attached hydrogens (tertiary/aromatic N) is 1. The van der Waals surface area contributed by atoms with Gasteiger partial charge in [0.1, 0.15) is 17.2 Å². The standard InChI is InChI=1S/C22H18F3NO5/c1-2-30-19(29)11-10-16(27)21-17(28)12-13-6-5-8-15(20(13)26-21)14-7-3-4-9-18(14)31-22(23,24)25/h3-9,12,28H,2,10-11H2,1H3. The van der Waals surface area contributed by atoms with E-state index in [2.05, 4.69) is 9.72 Å². The molecule has 162 valence electrons. The van der Waals surface area contributed by atoms with Crippen LogP contribution in [0.4, 0.5) is 13.2 Å². The SMILES string of the molecule is CCOC(=O)CCC(=O)c1nc2c(-c3ccccc3OC(F)(F)F)cccc2cc1O. The van der Waals surface area contributed by atoms with Gasteiger partial charge >= 0.3 is 12.3 Å². The number of ether oxygens (including phenoxy) is 2. The predicted octanol–water partition coefficient (Wildman–Crippen LogP) is 5.03. The third-order valence-corrected chi connectivity index (χ3v) is 4.35. The van der Waals surface area contributed by atoms with Crippen LogP contribution in [0.5, 0.6) is 11.5 Å². The average Bonchev–Trinajstić information content (AvgIpc) is 2.70. The number of hydrogen-bond donors (Lipinski definition) is 1. The molecule has 0 atom stereocenters. The van der Waals surface area contributed by atoms with Gasteiger partial charge in [0, 0.05) is 22.9 Å². The Morgan fingerprint density at radius 2 is 1.74 bits per heavy atom. The van der Waals surface area contributed by atoms with E-state index in [1.54, 1.807) is 25.1 Å². The predicted molar refractivity (Wildman–Crippen MR) is 106 cm³/mol. The van der Waals surface area contributed by atoms with Crippen molar-refractivity contribution in [2.75, 3.05) is 6.61 Å². The number of aromatic hydroxyl groups is 1. The quantitative estimate of drug-likeness (QED) is 0.415. The van der Waals surface area contributed by atoms with Crippen LogP contribution in [0.25, 0.3) is 22.0 Å². The minimum absolute atomic E-state index is 0.119. The number of carbonyl (C=O) groups excluding carboxylic acids is 2. The molecule has 1 heterocycles. The van der Waals surface area contributed by atoms with E-state index in [1.807, 2.05) is 0 Å². The third kappa shape index (κ3) is 5.30. The Hall–Kier alpha value is -3.62. The summed E-state index contributed by atoms with van der Waals surface area (Å²) in [5.74, 6) is -1.97. The maximum Gasteiger partial charge on any atom is 0.573 e. The molecular weight excluding hydrogens is 415 g/mol. The molecule has 3 rings (SSSR count). The van der Waals surface area contributed by atoms with E-state index < -0.39 is 29.6 Å². The molecule has 0 fully saturated rings. The second kappa shape index (κ2) is 9.03. The maximum absolute atomic E-state index is 12.8. The van der Waals surface area contributed by atoms with E-state index >= 15 is 0 Å². The van der Waals surface area contributed by atoms with Gasteiger partial charge in [-0.15, -0.1) is 13.2 Å². The molecular formula is C22H18F3NO5. The van der Waals surface area contributed by atoms with Crippen molar-refractivity contribution in [3.63, 3.8) is 0 Å². The summed E-state index contributed by atoms with van der Waals surface area (Å²) in [6.45, 7) is 1.81. The minimum atomic E-state index is -4.89. The van der Waals surface area contributed by atoms with Crippen molar-refractivity contribution in [2.24, 2.45) is 0 Å². The molecule has 0 aliphatic heterocycles. The van der Waals surface area contributed by atoms with Gasteiger partial charge in [0.25, 0.3) is 0 Å². The van der Waals surface area contributed by atoms with Crippen LogP contribution in [0.2, 0.25) is 0 Å². The van der Waals surface area contributed by atoms with Crippen molar-refractivity contribution in [2.45, 2.75) is 26.1 Å². The Balaban J connectivity index is 2.05. The zero-order chi connectivity index (χ0) is 22.6. The van der Waals surface area contributed by atoms with Crippen LogP contribution in [-0.4, -0.2) is 34.8 Å². The van der Waals surface area contributed by atoms with Crippen LogP contribution in [0.1, 0.15) is 30.3 Å². The molecule has 2 aromatic carbocycles. The van der Waals surface area contributed by atoms with E-state index in [-0.39, 0.29) is 41.8 Å². The topological polar surface area (TPSA) is 85.7 Å². The first-order valence-electron chi connectivity index (χ1n) is 9.36. The number of benzene rings is 2. The number of hydrogen-bond acceptors (Lipinski definition) is 6. The highest BCUT2D eigenvalue weighted by atomic mass is 19.4. The highest BCUT2D eigenvalue weighted by Gasteiger charge is 2.32. The average molecular weight is 433 g/mol. The van der Waals surface area contributed by atoms with E-state index in [4.69, 9.17) is 4.74 Å². The summed E-state index contributed by atoms with van der Waals surface area (Å²) >= 11 is 0. The van der Waals surface area contributed by atoms with Gasteiger partial charge in [-0.3, -0.25) is 9.59 Å². The lowest BCUT2D eigenvalue weighted by Gasteiger charge is -2.15. The van der Waals surface area contributed by atoms with Crippen LogP contribution in [0, 0.1) is 0 Å². The van der Waals surface area contributed by atoms with Crippen LogP contribution in [0.3, 0.4) is 0 Å². The van der Waals surface area contributed by atoms with E-state index in [1.165, 1.54) is 30.3 Å². The Morgan fingerprint density at radius 1 is 1.03 bits per heavy atom. The number of Topliss-reactive ketones (excluding diaryl/α,β-unsaturated/α-hetero) is 1. The van der Waals surface area contributed by atoms with Crippen LogP contribution >= 0.6 is 0 Å². The Labute approximate surface area is 175 Å². The van der Waals surface area contributed by atoms with Crippen molar-refractivity contribution in [1.29, 1.82) is 0 Å². The number of ketones is 1. The summed E-state index contributed by atoms with van der Waals surface area (Å²) in [5.41, 5.74) is 0.335. The molecule has 6 nitrogen and oxygen atoms in total. The molecule has 9 heteroatoms. The number of fused-ring (bicyclic) bond motifs is 1. The van der Waals surface area contributed by atoms with Crippen LogP contribution < -0.4 is 4.74 Å². The van der Waals surface area contributed by atoms with Gasteiger partial charge in [0.2, 0.25) is 0 Å². The first-order valence-corrected chi connectivity index (χ1v) is 9.36. The summed E-state index contributed by atoms with van der Waals surface area (Å²) in [6.07, 6.45) is -5.31. The fourth-order valence-corrected chi connectivity index (χ4v) is 3.08. The molecule has 0 aliphatic rings. The zero-order valence-electron chi connectivity index (χ0n) is 16.4. The number of alkyl halides is 3. The fourth-order valence-electron chi connectivity index (χ4n) is 3.08. The fraction of sp³-hybridized carbons (Fsp3) is 0.227. The van der Waals surface area contributed by atoms with Crippen molar-refractivity contribution in [3.8, 4) is 22.6 Å². The smallest absolute Gasteiger partial charge is 0.506 e. The summed E-state index contributed by atoms with van der Waals surface area (Å²) in [5, 5.41) is 10.7. The largest absolute Gasteiger partial charge is 0.573 e. The second-order valence-electron chi connectivity index (χ2n) is 6.51. The lowest BCUT2D eigenvalue weighted by Crippen LogP contribution is -2.17. The molecule has 3 aromatic rings. The zero-order valence-corrected chi connectivity index (χ0v) is 16.4.